The van der Waals surface area contributed by atoms with Gasteiger partial charge in [-0.3, -0.25) is 4.79 Å². The van der Waals surface area contributed by atoms with Gasteiger partial charge in [0.25, 0.3) is 0 Å². The predicted octanol–water partition coefficient (Wildman–Crippen LogP) is 0.685. The monoisotopic (exact) mass is 332 g/mol. The summed E-state index contributed by atoms with van der Waals surface area (Å²) in [6.45, 7) is 3.67. The van der Waals surface area contributed by atoms with Gasteiger partial charge in [-0.1, -0.05) is 0 Å². The molecule has 0 bridgehead atoms. The van der Waals surface area contributed by atoms with Gasteiger partial charge in [0, 0.05) is 57.6 Å². The molecule has 3 rings (SSSR count). The van der Waals surface area contributed by atoms with Crippen LogP contribution in [0.2, 0.25) is 0 Å². The Morgan fingerprint density at radius 3 is 2.67 bits per heavy atom. The molecule has 24 heavy (non-hydrogen) atoms. The average Bonchev–Trinajstić information content (AvgIpc) is 3.05. The summed E-state index contributed by atoms with van der Waals surface area (Å²) >= 11 is 0. The number of carbonyl (C=O) groups is 2. The van der Waals surface area contributed by atoms with Crippen LogP contribution in [-0.4, -0.2) is 70.5 Å². The van der Waals surface area contributed by atoms with Crippen LogP contribution in [0.1, 0.15) is 25.7 Å². The van der Waals surface area contributed by atoms with E-state index in [1.165, 1.54) is 0 Å². The smallest absolute Gasteiger partial charge is 0.317 e. The predicted molar refractivity (Wildman–Crippen MR) is 89.5 cm³/mol. The molecule has 0 atom stereocenters. The molecule has 3 heterocycles. The number of rotatable bonds is 6. The summed E-state index contributed by atoms with van der Waals surface area (Å²) in [5, 5.41) is 5.95. The molecule has 0 saturated carbocycles. The lowest BCUT2D eigenvalue weighted by atomic mass is 10.0. The first-order valence-electron chi connectivity index (χ1n) is 8.57. The Kier molecular flexibility index (Phi) is 5.45. The van der Waals surface area contributed by atoms with Gasteiger partial charge in [0.15, 0.2) is 0 Å². The summed E-state index contributed by atoms with van der Waals surface area (Å²) in [5.41, 5.74) is 0. The van der Waals surface area contributed by atoms with Crippen LogP contribution >= 0.6 is 0 Å². The van der Waals surface area contributed by atoms with E-state index in [4.69, 9.17) is 0 Å². The number of hydrogen-bond donors (Lipinski definition) is 2. The van der Waals surface area contributed by atoms with E-state index < -0.39 is 0 Å². The molecule has 3 amide bonds. The first-order chi connectivity index (χ1) is 11.7. The van der Waals surface area contributed by atoms with E-state index in [0.29, 0.717) is 18.9 Å². The second kappa shape index (κ2) is 7.94. The zero-order valence-electron chi connectivity index (χ0n) is 13.8. The van der Waals surface area contributed by atoms with Gasteiger partial charge in [0.05, 0.1) is 0 Å². The topological polar surface area (TPSA) is 90.5 Å². The number of nitrogens with one attached hydrogen (secondary N) is 2. The van der Waals surface area contributed by atoms with Crippen molar-refractivity contribution in [2.75, 3.05) is 38.0 Å². The molecule has 2 fully saturated rings. The molecule has 0 unspecified atom stereocenters. The van der Waals surface area contributed by atoms with Crippen molar-refractivity contribution in [3.8, 4) is 0 Å². The summed E-state index contributed by atoms with van der Waals surface area (Å²) in [4.78, 5) is 36.0. The number of aromatic nitrogens is 2. The highest BCUT2D eigenvalue weighted by atomic mass is 16.2. The fraction of sp³-hybridized carbons (Fsp3) is 0.625. The number of carbonyl (C=O) groups excluding carboxylic acids is 2. The van der Waals surface area contributed by atoms with Crippen molar-refractivity contribution in [2.24, 2.45) is 0 Å². The summed E-state index contributed by atoms with van der Waals surface area (Å²) in [5.74, 6) is 0.782. The van der Waals surface area contributed by atoms with Gasteiger partial charge < -0.3 is 20.4 Å². The summed E-state index contributed by atoms with van der Waals surface area (Å²) < 4.78 is 0. The van der Waals surface area contributed by atoms with E-state index >= 15 is 0 Å². The fourth-order valence-electron chi connectivity index (χ4n) is 3.25. The van der Waals surface area contributed by atoms with Crippen molar-refractivity contribution in [2.45, 2.75) is 31.7 Å². The number of piperidine rings is 1. The normalized spacial score (nSPS) is 18.6. The van der Waals surface area contributed by atoms with Crippen molar-refractivity contribution in [3.05, 3.63) is 18.5 Å². The molecule has 0 aliphatic carbocycles. The van der Waals surface area contributed by atoms with E-state index in [2.05, 4.69) is 20.6 Å². The van der Waals surface area contributed by atoms with Crippen molar-refractivity contribution in [1.82, 2.24) is 25.1 Å². The van der Waals surface area contributed by atoms with E-state index in [0.717, 1.165) is 45.4 Å². The molecule has 2 N–H and O–H groups in total. The average molecular weight is 332 g/mol. The maximum atomic E-state index is 12.3. The number of nitrogens with zero attached hydrogens (tertiary/aromatic N) is 4. The Bertz CT molecular complexity index is 559. The van der Waals surface area contributed by atoms with E-state index in [1.807, 2.05) is 9.80 Å². The molecule has 0 aromatic carbocycles. The SMILES string of the molecule is O=C(CCCNc1ncccn1)N1CCC(N2CCNC2=O)CC1. The lowest BCUT2D eigenvalue weighted by molar-refractivity contribution is -0.132. The fourth-order valence-corrected chi connectivity index (χ4v) is 3.25. The van der Waals surface area contributed by atoms with Gasteiger partial charge in [0.2, 0.25) is 11.9 Å². The molecule has 0 spiro atoms. The molecule has 1 aromatic heterocycles. The standard InChI is InChI=1S/C16H24N6O2/c23-14(3-1-6-17-15-18-7-2-8-19-15)21-10-4-13(5-11-21)22-12-9-20-16(22)24/h2,7-8,13H,1,3-6,9-12H2,(H,20,24)(H,17,18,19). The highest BCUT2D eigenvalue weighted by Crippen LogP contribution is 2.19. The van der Waals surface area contributed by atoms with Crippen LogP contribution in [0.4, 0.5) is 10.7 Å². The third-order valence-corrected chi connectivity index (χ3v) is 4.56. The number of amides is 3. The minimum Gasteiger partial charge on any atom is -0.354 e. The largest absolute Gasteiger partial charge is 0.354 e. The Morgan fingerprint density at radius 2 is 2.00 bits per heavy atom. The van der Waals surface area contributed by atoms with Gasteiger partial charge in [-0.05, 0) is 25.3 Å². The van der Waals surface area contributed by atoms with Crippen molar-refractivity contribution in [3.63, 3.8) is 0 Å². The summed E-state index contributed by atoms with van der Waals surface area (Å²) in [6.07, 6.45) is 6.39. The van der Waals surface area contributed by atoms with E-state index in [1.54, 1.807) is 18.5 Å². The van der Waals surface area contributed by atoms with Crippen molar-refractivity contribution in [1.29, 1.82) is 0 Å². The third-order valence-electron chi connectivity index (χ3n) is 4.56. The van der Waals surface area contributed by atoms with Gasteiger partial charge in [-0.2, -0.15) is 0 Å². The maximum absolute atomic E-state index is 12.3. The lowest BCUT2D eigenvalue weighted by Crippen LogP contribution is -2.47. The van der Waals surface area contributed by atoms with Crippen LogP contribution in [0.25, 0.3) is 0 Å². The van der Waals surface area contributed by atoms with Crippen LogP contribution in [-0.2, 0) is 4.79 Å². The molecule has 2 aliphatic rings. The number of hydrogen-bond acceptors (Lipinski definition) is 5. The highest BCUT2D eigenvalue weighted by molar-refractivity contribution is 5.77. The first kappa shape index (κ1) is 16.5. The molecular weight excluding hydrogens is 308 g/mol. The second-order valence-corrected chi connectivity index (χ2v) is 6.14. The quantitative estimate of drug-likeness (QED) is 0.748. The first-order valence-corrected chi connectivity index (χ1v) is 8.57. The van der Waals surface area contributed by atoms with Gasteiger partial charge in [0.1, 0.15) is 0 Å². The molecule has 130 valence electrons. The Hall–Kier alpha value is -2.38. The third kappa shape index (κ3) is 4.12. The molecule has 1 aromatic rings. The number of urea groups is 1. The Morgan fingerprint density at radius 1 is 1.25 bits per heavy atom. The van der Waals surface area contributed by atoms with Gasteiger partial charge in [-0.15, -0.1) is 0 Å². The Labute approximate surface area is 141 Å². The maximum Gasteiger partial charge on any atom is 0.317 e. The van der Waals surface area contributed by atoms with Crippen LogP contribution in [0.3, 0.4) is 0 Å². The van der Waals surface area contributed by atoms with Crippen molar-refractivity contribution >= 4 is 17.9 Å². The summed E-state index contributed by atoms with van der Waals surface area (Å²) in [7, 11) is 0. The molecular formula is C16H24N6O2. The van der Waals surface area contributed by atoms with Crippen LogP contribution < -0.4 is 10.6 Å². The zero-order valence-corrected chi connectivity index (χ0v) is 13.8. The molecule has 0 radical (unpaired) electrons. The van der Waals surface area contributed by atoms with E-state index in [9.17, 15) is 9.59 Å². The highest BCUT2D eigenvalue weighted by Gasteiger charge is 2.31. The molecule has 8 heteroatoms. The molecule has 2 saturated heterocycles. The molecule has 8 nitrogen and oxygen atoms in total. The van der Waals surface area contributed by atoms with Crippen molar-refractivity contribution < 1.29 is 9.59 Å². The number of anilines is 1. The summed E-state index contributed by atoms with van der Waals surface area (Å²) in [6, 6.07) is 2.08. The number of likely N-dealkylation sites (tertiary alicyclic amines) is 1. The van der Waals surface area contributed by atoms with Gasteiger partial charge in [-0.25, -0.2) is 14.8 Å². The second-order valence-electron chi connectivity index (χ2n) is 6.14. The minimum atomic E-state index is 0.0361. The minimum absolute atomic E-state index is 0.0361. The zero-order chi connectivity index (χ0) is 16.8. The van der Waals surface area contributed by atoms with Gasteiger partial charge >= 0.3 is 6.03 Å². The lowest BCUT2D eigenvalue weighted by Gasteiger charge is -2.36. The van der Waals surface area contributed by atoms with Crippen LogP contribution in [0.5, 0.6) is 0 Å². The molecule has 2 aliphatic heterocycles. The van der Waals surface area contributed by atoms with Crippen LogP contribution in [0, 0.1) is 0 Å². The Balaban J connectivity index is 1.34. The van der Waals surface area contributed by atoms with E-state index in [-0.39, 0.29) is 18.0 Å². The van der Waals surface area contributed by atoms with Crippen LogP contribution in [0.15, 0.2) is 18.5 Å².